The van der Waals surface area contributed by atoms with Crippen LogP contribution in [0.25, 0.3) is 0 Å². The van der Waals surface area contributed by atoms with Crippen LogP contribution in [0.2, 0.25) is 0 Å². The smallest absolute Gasteiger partial charge is 0.0771 e. The fourth-order valence-electron chi connectivity index (χ4n) is 1.77. The standard InChI is InChI=1S/C11H22O2/c1-2-10(12)9-13-11-7-5-3-4-6-8-11/h10-12H,2-9H2,1H3. The van der Waals surface area contributed by atoms with Gasteiger partial charge in [0.25, 0.3) is 0 Å². The molecule has 1 aliphatic carbocycles. The Morgan fingerprint density at radius 1 is 1.23 bits per heavy atom. The zero-order valence-electron chi connectivity index (χ0n) is 8.67. The molecule has 0 aliphatic heterocycles. The number of aliphatic hydroxyl groups is 1. The van der Waals surface area contributed by atoms with Crippen LogP contribution in [-0.2, 0) is 4.74 Å². The van der Waals surface area contributed by atoms with E-state index in [0.717, 1.165) is 6.42 Å². The van der Waals surface area contributed by atoms with Crippen molar-refractivity contribution in [1.29, 1.82) is 0 Å². The molecule has 1 unspecified atom stereocenters. The molecular weight excluding hydrogens is 164 g/mol. The predicted molar refractivity (Wildman–Crippen MR) is 53.7 cm³/mol. The predicted octanol–water partition coefficient (Wildman–Crippen LogP) is 2.50. The van der Waals surface area contributed by atoms with E-state index in [1.54, 1.807) is 0 Å². The van der Waals surface area contributed by atoms with Gasteiger partial charge in [0, 0.05) is 0 Å². The zero-order chi connectivity index (χ0) is 9.52. The van der Waals surface area contributed by atoms with E-state index in [-0.39, 0.29) is 6.10 Å². The van der Waals surface area contributed by atoms with E-state index >= 15 is 0 Å². The van der Waals surface area contributed by atoms with Gasteiger partial charge in [0.05, 0.1) is 18.8 Å². The molecule has 2 heteroatoms. The molecule has 0 saturated heterocycles. The largest absolute Gasteiger partial charge is 0.391 e. The normalized spacial score (nSPS) is 22.6. The first-order valence-electron chi connectivity index (χ1n) is 5.62. The highest BCUT2D eigenvalue weighted by Crippen LogP contribution is 2.19. The fourth-order valence-corrected chi connectivity index (χ4v) is 1.77. The van der Waals surface area contributed by atoms with Crippen LogP contribution in [0, 0.1) is 0 Å². The summed E-state index contributed by atoms with van der Waals surface area (Å²) in [7, 11) is 0. The third kappa shape index (κ3) is 4.63. The molecule has 0 amide bonds. The van der Waals surface area contributed by atoms with E-state index in [1.165, 1.54) is 38.5 Å². The molecule has 0 radical (unpaired) electrons. The van der Waals surface area contributed by atoms with E-state index in [4.69, 9.17) is 4.74 Å². The van der Waals surface area contributed by atoms with Gasteiger partial charge in [-0.25, -0.2) is 0 Å². The van der Waals surface area contributed by atoms with Crippen LogP contribution in [0.15, 0.2) is 0 Å². The molecule has 0 aromatic rings. The van der Waals surface area contributed by atoms with Crippen LogP contribution in [0.3, 0.4) is 0 Å². The summed E-state index contributed by atoms with van der Waals surface area (Å²) in [5.41, 5.74) is 0. The van der Waals surface area contributed by atoms with Gasteiger partial charge in [-0.05, 0) is 19.3 Å². The van der Waals surface area contributed by atoms with Crippen molar-refractivity contribution in [2.45, 2.75) is 64.1 Å². The Morgan fingerprint density at radius 3 is 2.38 bits per heavy atom. The van der Waals surface area contributed by atoms with E-state index in [2.05, 4.69) is 0 Å². The van der Waals surface area contributed by atoms with Crippen LogP contribution in [0.5, 0.6) is 0 Å². The van der Waals surface area contributed by atoms with Crippen molar-refractivity contribution < 1.29 is 9.84 Å². The quantitative estimate of drug-likeness (QED) is 0.683. The average Bonchev–Trinajstić information content (AvgIpc) is 2.42. The summed E-state index contributed by atoms with van der Waals surface area (Å²) in [5, 5.41) is 9.33. The van der Waals surface area contributed by atoms with Crippen molar-refractivity contribution in [1.82, 2.24) is 0 Å². The molecule has 1 atom stereocenters. The minimum atomic E-state index is -0.261. The first-order chi connectivity index (χ1) is 6.33. The average molecular weight is 186 g/mol. The lowest BCUT2D eigenvalue weighted by atomic mass is 10.1. The van der Waals surface area contributed by atoms with Gasteiger partial charge in [-0.15, -0.1) is 0 Å². The second-order valence-corrected chi connectivity index (χ2v) is 4.01. The second-order valence-electron chi connectivity index (χ2n) is 4.01. The van der Waals surface area contributed by atoms with Gasteiger partial charge in [-0.2, -0.15) is 0 Å². The Bertz CT molecular complexity index is 117. The maximum Gasteiger partial charge on any atom is 0.0771 e. The molecule has 78 valence electrons. The van der Waals surface area contributed by atoms with Crippen LogP contribution in [0.4, 0.5) is 0 Å². The van der Waals surface area contributed by atoms with E-state index in [0.29, 0.717) is 12.7 Å². The highest BCUT2D eigenvalue weighted by atomic mass is 16.5. The van der Waals surface area contributed by atoms with Crippen molar-refractivity contribution in [2.75, 3.05) is 6.61 Å². The molecule has 1 aliphatic rings. The van der Waals surface area contributed by atoms with Gasteiger partial charge in [-0.3, -0.25) is 0 Å². The fraction of sp³-hybridized carbons (Fsp3) is 1.00. The zero-order valence-corrected chi connectivity index (χ0v) is 8.67. The van der Waals surface area contributed by atoms with Gasteiger partial charge in [0.2, 0.25) is 0 Å². The Labute approximate surface area is 81.3 Å². The van der Waals surface area contributed by atoms with Crippen molar-refractivity contribution >= 4 is 0 Å². The van der Waals surface area contributed by atoms with Gasteiger partial charge in [0.1, 0.15) is 0 Å². The van der Waals surface area contributed by atoms with Gasteiger partial charge < -0.3 is 9.84 Å². The summed E-state index contributed by atoms with van der Waals surface area (Å²) < 4.78 is 5.67. The molecule has 1 saturated carbocycles. The molecule has 13 heavy (non-hydrogen) atoms. The molecule has 0 aromatic carbocycles. The van der Waals surface area contributed by atoms with Crippen molar-refractivity contribution in [3.05, 3.63) is 0 Å². The summed E-state index contributed by atoms with van der Waals surface area (Å²) in [6.07, 6.45) is 8.65. The first kappa shape index (κ1) is 11.0. The topological polar surface area (TPSA) is 29.5 Å². The molecular formula is C11H22O2. The summed E-state index contributed by atoms with van der Waals surface area (Å²) in [6.45, 7) is 2.52. The highest BCUT2D eigenvalue weighted by molar-refractivity contribution is 4.64. The van der Waals surface area contributed by atoms with E-state index in [1.807, 2.05) is 6.92 Å². The molecule has 1 rings (SSSR count). The third-order valence-corrected chi connectivity index (χ3v) is 2.80. The molecule has 0 aromatic heterocycles. The number of hydrogen-bond acceptors (Lipinski definition) is 2. The summed E-state index contributed by atoms with van der Waals surface area (Å²) >= 11 is 0. The van der Waals surface area contributed by atoms with Crippen molar-refractivity contribution in [3.8, 4) is 0 Å². The highest BCUT2D eigenvalue weighted by Gasteiger charge is 2.13. The van der Waals surface area contributed by atoms with Crippen molar-refractivity contribution in [2.24, 2.45) is 0 Å². The lowest BCUT2D eigenvalue weighted by molar-refractivity contribution is -0.0159. The summed E-state index contributed by atoms with van der Waals surface area (Å²) in [4.78, 5) is 0. The van der Waals surface area contributed by atoms with E-state index in [9.17, 15) is 5.11 Å². The number of aliphatic hydroxyl groups excluding tert-OH is 1. The van der Waals surface area contributed by atoms with Crippen molar-refractivity contribution in [3.63, 3.8) is 0 Å². The van der Waals surface area contributed by atoms with Crippen LogP contribution in [-0.4, -0.2) is 23.9 Å². The van der Waals surface area contributed by atoms with Gasteiger partial charge in [0.15, 0.2) is 0 Å². The Hall–Kier alpha value is -0.0800. The molecule has 1 fully saturated rings. The molecule has 0 bridgehead atoms. The Kier molecular flexibility index (Phi) is 5.40. The molecule has 2 nitrogen and oxygen atoms in total. The van der Waals surface area contributed by atoms with Crippen LogP contribution < -0.4 is 0 Å². The van der Waals surface area contributed by atoms with Gasteiger partial charge in [-0.1, -0.05) is 32.6 Å². The monoisotopic (exact) mass is 186 g/mol. The maximum absolute atomic E-state index is 9.33. The Balaban J connectivity index is 2.11. The number of hydrogen-bond donors (Lipinski definition) is 1. The minimum absolute atomic E-state index is 0.261. The van der Waals surface area contributed by atoms with Crippen LogP contribution in [0.1, 0.15) is 51.9 Å². The first-order valence-corrected chi connectivity index (χ1v) is 5.62. The lowest BCUT2D eigenvalue weighted by Gasteiger charge is -2.17. The number of rotatable bonds is 4. The summed E-state index contributed by atoms with van der Waals surface area (Å²) in [6, 6.07) is 0. The SMILES string of the molecule is CCC(O)COC1CCCCCC1. The number of ether oxygens (including phenoxy) is 1. The third-order valence-electron chi connectivity index (χ3n) is 2.80. The van der Waals surface area contributed by atoms with E-state index < -0.39 is 0 Å². The molecule has 0 heterocycles. The summed E-state index contributed by atoms with van der Waals surface area (Å²) in [5.74, 6) is 0. The molecule has 1 N–H and O–H groups in total. The minimum Gasteiger partial charge on any atom is -0.391 e. The second kappa shape index (κ2) is 6.39. The molecule has 0 spiro atoms. The lowest BCUT2D eigenvalue weighted by Crippen LogP contribution is -2.20. The maximum atomic E-state index is 9.33. The van der Waals surface area contributed by atoms with Crippen LogP contribution >= 0.6 is 0 Å². The Morgan fingerprint density at radius 2 is 1.85 bits per heavy atom. The van der Waals surface area contributed by atoms with Gasteiger partial charge >= 0.3 is 0 Å².